The minimum Gasteiger partial charge on any atom is -0.486 e. The number of carbonyl (C=O) groups is 1. The zero-order valence-electron chi connectivity index (χ0n) is 12.8. The smallest absolute Gasteiger partial charge is 0.332 e. The van der Waals surface area contributed by atoms with Crippen molar-refractivity contribution < 1.29 is 19.0 Å². The van der Waals surface area contributed by atoms with Crippen molar-refractivity contribution in [2.75, 3.05) is 19.8 Å². The third kappa shape index (κ3) is 3.80. The number of rotatable bonds is 3. The zero-order valence-corrected chi connectivity index (χ0v) is 15.1. The summed E-state index contributed by atoms with van der Waals surface area (Å²) in [5.74, 6) is 0.742. The number of halogens is 1. The second-order valence-electron chi connectivity index (χ2n) is 4.86. The summed E-state index contributed by atoms with van der Waals surface area (Å²) in [4.78, 5) is 14.7. The molecule has 0 atom stereocenters. The zero-order chi connectivity index (χ0) is 17.1. The number of thiazole rings is 1. The predicted molar refractivity (Wildman–Crippen MR) is 95.9 cm³/mol. The lowest BCUT2D eigenvalue weighted by Crippen LogP contribution is -2.23. The maximum Gasteiger partial charge on any atom is 0.332 e. The first-order valence-corrected chi connectivity index (χ1v) is 8.85. The Morgan fingerprint density at radius 2 is 2.25 bits per heavy atom. The SMILES string of the molecule is CCOC(=O)/C=c1\[nH]c(=S)s\c1=C/c1cc(Cl)c2c(c1)OCCO2. The average Bonchev–Trinajstić information content (AvgIpc) is 2.87. The highest BCUT2D eigenvalue weighted by molar-refractivity contribution is 7.73. The normalized spacial score (nSPS) is 14.8. The summed E-state index contributed by atoms with van der Waals surface area (Å²) in [6.45, 7) is 3.04. The van der Waals surface area contributed by atoms with Crippen molar-refractivity contribution in [3.05, 3.63) is 36.6 Å². The van der Waals surface area contributed by atoms with Crippen LogP contribution in [0.25, 0.3) is 12.2 Å². The molecule has 1 aromatic carbocycles. The molecule has 0 radical (unpaired) electrons. The molecule has 0 aliphatic carbocycles. The predicted octanol–water partition coefficient (Wildman–Crippen LogP) is 2.40. The lowest BCUT2D eigenvalue weighted by molar-refractivity contribution is -0.135. The number of hydrogen-bond acceptors (Lipinski definition) is 6. The highest BCUT2D eigenvalue weighted by Crippen LogP contribution is 2.38. The standard InChI is InChI=1S/C16H14ClNO4S2/c1-2-20-14(19)8-11-13(24-16(23)18-11)7-9-5-10(17)15-12(6-9)21-3-4-22-15/h5-8H,2-4H2,1H3,(H,18,23)/b11-8-,13-7-. The van der Waals surface area contributed by atoms with E-state index >= 15 is 0 Å². The minimum absolute atomic E-state index is 0.316. The van der Waals surface area contributed by atoms with E-state index in [-0.39, 0.29) is 0 Å². The number of fused-ring (bicyclic) bond motifs is 1. The number of nitrogens with one attached hydrogen (secondary N) is 1. The molecule has 126 valence electrons. The van der Waals surface area contributed by atoms with Crippen molar-refractivity contribution in [2.45, 2.75) is 6.92 Å². The van der Waals surface area contributed by atoms with Crippen molar-refractivity contribution in [1.82, 2.24) is 4.98 Å². The van der Waals surface area contributed by atoms with Gasteiger partial charge in [0.2, 0.25) is 0 Å². The second kappa shape index (κ2) is 7.38. The van der Waals surface area contributed by atoms with Crippen LogP contribution in [-0.2, 0) is 9.53 Å². The monoisotopic (exact) mass is 383 g/mol. The van der Waals surface area contributed by atoms with Gasteiger partial charge in [-0.1, -0.05) is 11.6 Å². The lowest BCUT2D eigenvalue weighted by Gasteiger charge is -2.19. The Balaban J connectivity index is 2.08. The van der Waals surface area contributed by atoms with E-state index in [0.717, 1.165) is 10.1 Å². The van der Waals surface area contributed by atoms with Gasteiger partial charge in [-0.25, -0.2) is 4.79 Å². The van der Waals surface area contributed by atoms with Gasteiger partial charge in [-0.3, -0.25) is 0 Å². The van der Waals surface area contributed by atoms with Crippen molar-refractivity contribution in [3.8, 4) is 11.5 Å². The molecule has 1 N–H and O–H groups in total. The molecule has 1 aliphatic heterocycles. The summed E-state index contributed by atoms with van der Waals surface area (Å²) < 4.78 is 17.4. The Kier molecular flexibility index (Phi) is 5.23. The average molecular weight is 384 g/mol. The molecule has 0 unspecified atom stereocenters. The molecular formula is C16H14ClNO4S2. The fraction of sp³-hybridized carbons (Fsp3) is 0.250. The Morgan fingerprint density at radius 3 is 3.04 bits per heavy atom. The molecule has 2 aromatic rings. The summed E-state index contributed by atoms with van der Waals surface area (Å²) in [5, 5.41) is 1.09. The van der Waals surface area contributed by atoms with E-state index in [4.69, 9.17) is 38.0 Å². The number of carbonyl (C=O) groups excluding carboxylic acids is 1. The number of aromatic nitrogens is 1. The molecule has 0 saturated heterocycles. The van der Waals surface area contributed by atoms with Gasteiger partial charge in [0.1, 0.15) is 13.2 Å². The van der Waals surface area contributed by atoms with Crippen LogP contribution in [0.15, 0.2) is 12.1 Å². The number of benzene rings is 1. The number of hydrogen-bond donors (Lipinski definition) is 1. The Bertz CT molecular complexity index is 948. The van der Waals surface area contributed by atoms with Crippen molar-refractivity contribution in [2.24, 2.45) is 0 Å². The summed E-state index contributed by atoms with van der Waals surface area (Å²) in [7, 11) is 0. The topological polar surface area (TPSA) is 60.6 Å². The largest absolute Gasteiger partial charge is 0.486 e. The van der Waals surface area contributed by atoms with Gasteiger partial charge in [-0.2, -0.15) is 0 Å². The van der Waals surface area contributed by atoms with Crippen LogP contribution in [0, 0.1) is 3.95 Å². The minimum atomic E-state index is -0.420. The van der Waals surface area contributed by atoms with Gasteiger partial charge in [-0.05, 0) is 42.9 Å². The van der Waals surface area contributed by atoms with Crippen LogP contribution in [0.1, 0.15) is 12.5 Å². The molecule has 24 heavy (non-hydrogen) atoms. The molecule has 0 fully saturated rings. The van der Waals surface area contributed by atoms with Gasteiger partial charge in [-0.15, -0.1) is 11.3 Å². The number of aromatic amines is 1. The maximum absolute atomic E-state index is 11.7. The van der Waals surface area contributed by atoms with Gasteiger partial charge in [0.05, 0.1) is 21.5 Å². The molecule has 2 heterocycles. The molecule has 1 aliphatic rings. The van der Waals surface area contributed by atoms with Crippen molar-refractivity contribution >= 4 is 53.3 Å². The number of esters is 1. The van der Waals surface area contributed by atoms with Crippen molar-refractivity contribution in [3.63, 3.8) is 0 Å². The van der Waals surface area contributed by atoms with E-state index in [1.165, 1.54) is 17.4 Å². The first kappa shape index (κ1) is 17.0. The van der Waals surface area contributed by atoms with Crippen LogP contribution in [-0.4, -0.2) is 30.8 Å². The third-order valence-corrected chi connectivity index (χ3v) is 4.65. The molecule has 1 aromatic heterocycles. The molecule has 0 spiro atoms. The second-order valence-corrected chi connectivity index (χ2v) is 6.99. The highest BCUT2D eigenvalue weighted by atomic mass is 35.5. The van der Waals surface area contributed by atoms with E-state index in [9.17, 15) is 4.79 Å². The van der Waals surface area contributed by atoms with Gasteiger partial charge in [0.25, 0.3) is 0 Å². The van der Waals surface area contributed by atoms with Gasteiger partial charge >= 0.3 is 5.97 Å². The van der Waals surface area contributed by atoms with Gasteiger partial charge in [0.15, 0.2) is 15.5 Å². The lowest BCUT2D eigenvalue weighted by atomic mass is 10.2. The Hall–Kier alpha value is -1.83. The fourth-order valence-corrected chi connectivity index (χ4v) is 3.66. The van der Waals surface area contributed by atoms with Crippen LogP contribution in [0.5, 0.6) is 11.5 Å². The van der Waals surface area contributed by atoms with E-state index in [1.54, 1.807) is 13.0 Å². The van der Waals surface area contributed by atoms with E-state index < -0.39 is 5.97 Å². The highest BCUT2D eigenvalue weighted by Gasteiger charge is 2.16. The number of ether oxygens (including phenoxy) is 3. The Morgan fingerprint density at radius 1 is 1.46 bits per heavy atom. The van der Waals surface area contributed by atoms with Gasteiger partial charge < -0.3 is 19.2 Å². The van der Waals surface area contributed by atoms with Crippen LogP contribution < -0.4 is 19.4 Å². The fourth-order valence-electron chi connectivity index (χ4n) is 2.23. The summed E-state index contributed by atoms with van der Waals surface area (Å²) in [5.41, 5.74) is 0.827. The van der Waals surface area contributed by atoms with Crippen LogP contribution >= 0.6 is 35.2 Å². The van der Waals surface area contributed by atoms with E-state index in [0.29, 0.717) is 45.6 Å². The molecule has 0 amide bonds. The number of H-pyrrole nitrogens is 1. The van der Waals surface area contributed by atoms with Crippen LogP contribution in [0.3, 0.4) is 0 Å². The van der Waals surface area contributed by atoms with Crippen LogP contribution in [0.2, 0.25) is 5.02 Å². The quantitative estimate of drug-likeness (QED) is 0.651. The maximum atomic E-state index is 11.7. The third-order valence-electron chi connectivity index (χ3n) is 3.17. The molecule has 0 saturated carbocycles. The summed E-state index contributed by atoms with van der Waals surface area (Å²) in [6, 6.07) is 3.63. The van der Waals surface area contributed by atoms with Crippen LogP contribution in [0.4, 0.5) is 0 Å². The molecule has 3 rings (SSSR count). The molecule has 5 nitrogen and oxygen atoms in total. The first-order chi connectivity index (χ1) is 11.6. The molecule has 0 bridgehead atoms. The molecule has 8 heteroatoms. The summed E-state index contributed by atoms with van der Waals surface area (Å²) in [6.07, 6.45) is 3.27. The van der Waals surface area contributed by atoms with Crippen molar-refractivity contribution in [1.29, 1.82) is 0 Å². The van der Waals surface area contributed by atoms with E-state index in [2.05, 4.69) is 4.98 Å². The Labute approximate surface area is 152 Å². The summed E-state index contributed by atoms with van der Waals surface area (Å²) >= 11 is 12.8. The molecular weight excluding hydrogens is 370 g/mol. The first-order valence-electron chi connectivity index (χ1n) is 7.25. The van der Waals surface area contributed by atoms with Gasteiger partial charge in [0, 0.05) is 6.08 Å². The van der Waals surface area contributed by atoms with E-state index in [1.807, 2.05) is 12.1 Å².